The fourth-order valence-electron chi connectivity index (χ4n) is 7.33. The summed E-state index contributed by atoms with van der Waals surface area (Å²) in [6, 6.07) is 0. The second kappa shape index (κ2) is 50.0. The van der Waals surface area contributed by atoms with E-state index in [1.54, 1.807) is 0 Å². The molecule has 0 aromatic carbocycles. The Morgan fingerprint density at radius 2 is 0.590 bits per heavy atom. The van der Waals surface area contributed by atoms with Gasteiger partial charge < -0.3 is 14.2 Å². The Kier molecular flexibility index (Phi) is 47.9. The summed E-state index contributed by atoms with van der Waals surface area (Å²) in [5.74, 6) is -0.899. The summed E-state index contributed by atoms with van der Waals surface area (Å²) in [5, 5.41) is 0. The molecule has 0 heterocycles. The molecule has 0 aromatic heterocycles. The molecule has 6 nitrogen and oxygen atoms in total. The summed E-state index contributed by atoms with van der Waals surface area (Å²) in [7, 11) is 0. The van der Waals surface area contributed by atoms with Crippen molar-refractivity contribution in [3.05, 3.63) is 48.6 Å². The van der Waals surface area contributed by atoms with Gasteiger partial charge in [0.25, 0.3) is 0 Å². The Balaban J connectivity index is 4.18. The van der Waals surface area contributed by atoms with Crippen molar-refractivity contribution in [1.29, 1.82) is 0 Å². The lowest BCUT2D eigenvalue weighted by Crippen LogP contribution is -2.30. The number of hydrogen-bond donors (Lipinski definition) is 0. The van der Waals surface area contributed by atoms with E-state index in [0.29, 0.717) is 19.3 Å². The summed E-state index contributed by atoms with van der Waals surface area (Å²) < 4.78 is 16.7. The first-order valence-corrected chi connectivity index (χ1v) is 26.1. The van der Waals surface area contributed by atoms with E-state index in [0.717, 1.165) is 89.9 Å². The highest BCUT2D eigenvalue weighted by Gasteiger charge is 2.19. The van der Waals surface area contributed by atoms with Crippen LogP contribution in [-0.2, 0) is 28.6 Å². The van der Waals surface area contributed by atoms with Gasteiger partial charge >= 0.3 is 17.9 Å². The quantitative estimate of drug-likeness (QED) is 0.0263. The molecule has 0 fully saturated rings. The molecular formula is C55H98O6. The predicted molar refractivity (Wildman–Crippen MR) is 261 cm³/mol. The monoisotopic (exact) mass is 855 g/mol. The zero-order chi connectivity index (χ0) is 44.4. The lowest BCUT2D eigenvalue weighted by atomic mass is 10.1. The topological polar surface area (TPSA) is 78.9 Å². The molecule has 0 amide bonds. The lowest BCUT2D eigenvalue weighted by Gasteiger charge is -2.18. The fraction of sp³-hybridized carbons (Fsp3) is 0.800. The van der Waals surface area contributed by atoms with Crippen LogP contribution in [0.2, 0.25) is 0 Å². The maximum Gasteiger partial charge on any atom is 0.306 e. The molecule has 0 spiro atoms. The molecule has 354 valence electrons. The SMILES string of the molecule is CCCCCCC/C=C\C/C=C\C/C=C\CCCCCCCCCCC(=O)OCC(COC(=O)CCCCCCCC)OC(=O)CCCCCCC/C=C\CCCCCCC. The van der Waals surface area contributed by atoms with Gasteiger partial charge in [0.05, 0.1) is 0 Å². The molecular weight excluding hydrogens is 757 g/mol. The Bertz CT molecular complexity index is 1070. The standard InChI is InChI=1S/C55H98O6/c1-4-7-10-13-16-18-20-22-24-25-26-27-28-29-30-31-32-34-35-37-39-42-45-48-54(57)60-51-52(50-59-53(56)47-44-41-15-12-9-6-3)61-55(58)49-46-43-40-38-36-33-23-21-19-17-14-11-8-5-2/h20-23,25-26,28-29,52H,4-19,24,27,30-51H2,1-3H3/b22-20-,23-21-,26-25-,29-28-. The van der Waals surface area contributed by atoms with E-state index >= 15 is 0 Å². The number of unbranched alkanes of at least 4 members (excludes halogenated alkanes) is 28. The molecule has 6 heteroatoms. The number of ether oxygens (including phenoxy) is 3. The summed E-state index contributed by atoms with van der Waals surface area (Å²) in [5.41, 5.74) is 0. The third-order valence-electron chi connectivity index (χ3n) is 11.3. The first kappa shape index (κ1) is 58.4. The van der Waals surface area contributed by atoms with Crippen LogP contribution in [0.3, 0.4) is 0 Å². The van der Waals surface area contributed by atoms with E-state index in [1.165, 1.54) is 135 Å². The molecule has 0 saturated carbocycles. The Morgan fingerprint density at radius 1 is 0.328 bits per heavy atom. The molecule has 0 rings (SSSR count). The van der Waals surface area contributed by atoms with Crippen molar-refractivity contribution in [2.75, 3.05) is 13.2 Å². The molecule has 0 aliphatic rings. The van der Waals surface area contributed by atoms with E-state index in [9.17, 15) is 14.4 Å². The summed E-state index contributed by atoms with van der Waals surface area (Å²) >= 11 is 0. The van der Waals surface area contributed by atoms with E-state index in [-0.39, 0.29) is 31.1 Å². The number of esters is 3. The highest BCUT2D eigenvalue weighted by atomic mass is 16.6. The minimum atomic E-state index is -0.775. The molecule has 1 atom stereocenters. The van der Waals surface area contributed by atoms with Crippen LogP contribution >= 0.6 is 0 Å². The van der Waals surface area contributed by atoms with Gasteiger partial charge in [0.15, 0.2) is 6.10 Å². The molecule has 0 saturated heterocycles. The second-order valence-electron chi connectivity index (χ2n) is 17.4. The molecule has 0 N–H and O–H groups in total. The van der Waals surface area contributed by atoms with Crippen molar-refractivity contribution in [1.82, 2.24) is 0 Å². The number of rotatable bonds is 47. The van der Waals surface area contributed by atoms with E-state index in [4.69, 9.17) is 14.2 Å². The first-order valence-electron chi connectivity index (χ1n) is 26.1. The zero-order valence-electron chi connectivity index (χ0n) is 40.4. The molecule has 0 aliphatic carbocycles. The van der Waals surface area contributed by atoms with Crippen molar-refractivity contribution in [3.63, 3.8) is 0 Å². The molecule has 0 aromatic rings. The minimum absolute atomic E-state index is 0.0784. The van der Waals surface area contributed by atoms with Gasteiger partial charge in [-0.3, -0.25) is 14.4 Å². The number of allylic oxidation sites excluding steroid dienone is 8. The normalized spacial score (nSPS) is 12.4. The Hall–Kier alpha value is -2.63. The third kappa shape index (κ3) is 48.3. The van der Waals surface area contributed by atoms with Crippen molar-refractivity contribution < 1.29 is 28.6 Å². The lowest BCUT2D eigenvalue weighted by molar-refractivity contribution is -0.167. The maximum absolute atomic E-state index is 12.7. The third-order valence-corrected chi connectivity index (χ3v) is 11.3. The average molecular weight is 855 g/mol. The van der Waals surface area contributed by atoms with Gasteiger partial charge in [0, 0.05) is 19.3 Å². The summed E-state index contributed by atoms with van der Waals surface area (Å²) in [6.07, 6.45) is 59.8. The highest BCUT2D eigenvalue weighted by molar-refractivity contribution is 5.71. The average Bonchev–Trinajstić information content (AvgIpc) is 3.26. The second-order valence-corrected chi connectivity index (χ2v) is 17.4. The van der Waals surface area contributed by atoms with Crippen molar-refractivity contribution in [2.24, 2.45) is 0 Å². The van der Waals surface area contributed by atoms with Crippen LogP contribution in [0.15, 0.2) is 48.6 Å². The van der Waals surface area contributed by atoms with Gasteiger partial charge in [-0.25, -0.2) is 0 Å². The number of carbonyl (C=O) groups excluding carboxylic acids is 3. The van der Waals surface area contributed by atoms with Crippen molar-refractivity contribution in [2.45, 2.75) is 271 Å². The van der Waals surface area contributed by atoms with Crippen LogP contribution in [0.25, 0.3) is 0 Å². The van der Waals surface area contributed by atoms with E-state index in [2.05, 4.69) is 69.4 Å². The van der Waals surface area contributed by atoms with E-state index < -0.39 is 6.10 Å². The van der Waals surface area contributed by atoms with Crippen LogP contribution in [-0.4, -0.2) is 37.2 Å². The van der Waals surface area contributed by atoms with E-state index in [1.807, 2.05) is 0 Å². The smallest absolute Gasteiger partial charge is 0.306 e. The minimum Gasteiger partial charge on any atom is -0.462 e. The van der Waals surface area contributed by atoms with Crippen LogP contribution in [0, 0.1) is 0 Å². The molecule has 0 aliphatic heterocycles. The van der Waals surface area contributed by atoms with Crippen molar-refractivity contribution >= 4 is 17.9 Å². The number of carbonyl (C=O) groups is 3. The molecule has 0 bridgehead atoms. The van der Waals surface area contributed by atoms with Crippen LogP contribution in [0.1, 0.15) is 265 Å². The van der Waals surface area contributed by atoms with Gasteiger partial charge in [-0.05, 0) is 83.5 Å². The maximum atomic E-state index is 12.7. The molecule has 1 unspecified atom stereocenters. The van der Waals surface area contributed by atoms with Crippen LogP contribution in [0.5, 0.6) is 0 Å². The van der Waals surface area contributed by atoms with Gasteiger partial charge in [0.1, 0.15) is 13.2 Å². The first-order chi connectivity index (χ1) is 30.0. The zero-order valence-corrected chi connectivity index (χ0v) is 40.4. The van der Waals surface area contributed by atoms with Crippen LogP contribution < -0.4 is 0 Å². The summed E-state index contributed by atoms with van der Waals surface area (Å²) in [6.45, 7) is 6.55. The number of hydrogen-bond acceptors (Lipinski definition) is 6. The Morgan fingerprint density at radius 3 is 0.934 bits per heavy atom. The summed E-state index contributed by atoms with van der Waals surface area (Å²) in [4.78, 5) is 37.7. The van der Waals surface area contributed by atoms with Gasteiger partial charge in [-0.1, -0.05) is 211 Å². The predicted octanol–water partition coefficient (Wildman–Crippen LogP) is 17.1. The Labute approximate surface area is 378 Å². The van der Waals surface area contributed by atoms with Gasteiger partial charge in [-0.2, -0.15) is 0 Å². The highest BCUT2D eigenvalue weighted by Crippen LogP contribution is 2.14. The molecule has 61 heavy (non-hydrogen) atoms. The largest absolute Gasteiger partial charge is 0.462 e. The van der Waals surface area contributed by atoms with Crippen molar-refractivity contribution in [3.8, 4) is 0 Å². The van der Waals surface area contributed by atoms with Crippen LogP contribution in [0.4, 0.5) is 0 Å². The van der Waals surface area contributed by atoms with Gasteiger partial charge in [-0.15, -0.1) is 0 Å². The molecule has 0 radical (unpaired) electrons. The van der Waals surface area contributed by atoms with Gasteiger partial charge in [0.2, 0.25) is 0 Å². The fourth-order valence-corrected chi connectivity index (χ4v) is 7.33.